The Balaban J connectivity index is 3.90. The van der Waals surface area contributed by atoms with E-state index in [2.05, 4.69) is 104 Å². The summed E-state index contributed by atoms with van der Waals surface area (Å²) in [5, 5.41) is 13.8. The van der Waals surface area contributed by atoms with E-state index < -0.39 is 20.0 Å². The van der Waals surface area contributed by atoms with Crippen molar-refractivity contribution in [3.63, 3.8) is 0 Å². The second-order valence-electron chi connectivity index (χ2n) is 21.0. The molecule has 0 saturated heterocycles. The molecule has 3 atom stereocenters. The lowest BCUT2D eigenvalue weighted by atomic mass is 10.0. The highest BCUT2D eigenvalue weighted by molar-refractivity contribution is 7.47. The van der Waals surface area contributed by atoms with Crippen LogP contribution in [0.2, 0.25) is 0 Å². The van der Waals surface area contributed by atoms with Gasteiger partial charge in [-0.05, 0) is 83.5 Å². The number of rotatable bonds is 53. The normalized spacial score (nSPS) is 14.6. The molecule has 0 aromatic heterocycles. The van der Waals surface area contributed by atoms with E-state index in [1.165, 1.54) is 141 Å². The number of amides is 1. The molecule has 0 spiro atoms. The molecule has 0 rings (SSSR count). The van der Waals surface area contributed by atoms with Crippen molar-refractivity contribution in [1.29, 1.82) is 0 Å². The van der Waals surface area contributed by atoms with Gasteiger partial charge in [0.15, 0.2) is 0 Å². The number of nitrogens with zero attached hydrogens (tertiary/aromatic N) is 1. The van der Waals surface area contributed by atoms with Gasteiger partial charge in [-0.2, -0.15) is 0 Å². The summed E-state index contributed by atoms with van der Waals surface area (Å²) in [5.41, 5.74) is 0. The lowest BCUT2D eigenvalue weighted by Crippen LogP contribution is -2.45. The number of carbonyl (C=O) groups is 1. The number of phosphoric ester groups is 1. The fraction of sp³-hybridized carbons (Fsp3) is 0.730. The number of hydrogen-bond donors (Lipinski definition) is 3. The maximum absolute atomic E-state index is 12.9. The number of unbranched alkanes of at least 4 members (excludes halogenated alkanes) is 26. The molecule has 0 saturated carbocycles. The van der Waals surface area contributed by atoms with E-state index >= 15 is 0 Å². The fourth-order valence-electron chi connectivity index (χ4n) is 8.17. The number of aliphatic hydroxyl groups excluding tert-OH is 1. The monoisotopic (exact) mass is 1030 g/mol. The number of quaternary nitrogens is 1. The zero-order chi connectivity index (χ0) is 52.7. The van der Waals surface area contributed by atoms with Gasteiger partial charge >= 0.3 is 7.82 Å². The molecular weight excluding hydrogens is 912 g/mol. The molecule has 0 aromatic rings. The number of likely N-dealkylation sites (N-methyl/N-ethyl adjacent to an activating group) is 1. The largest absolute Gasteiger partial charge is 0.472 e. The zero-order valence-electron chi connectivity index (χ0n) is 47.4. The van der Waals surface area contributed by atoms with E-state index in [4.69, 9.17) is 9.05 Å². The van der Waals surface area contributed by atoms with Gasteiger partial charge in [-0.15, -0.1) is 0 Å². The Labute approximate surface area is 445 Å². The lowest BCUT2D eigenvalue weighted by molar-refractivity contribution is -0.870. The first-order valence-corrected chi connectivity index (χ1v) is 31.1. The van der Waals surface area contributed by atoms with Crippen LogP contribution in [0.5, 0.6) is 0 Å². The molecule has 0 radical (unpaired) electrons. The molecular formula is C63H114N2O6P+. The maximum Gasteiger partial charge on any atom is 0.472 e. The van der Waals surface area contributed by atoms with Crippen LogP contribution in [0.15, 0.2) is 97.2 Å². The van der Waals surface area contributed by atoms with Crippen LogP contribution in [0.1, 0.15) is 245 Å². The first-order chi connectivity index (χ1) is 35.0. The number of allylic oxidation sites excluding steroid dienone is 15. The minimum Gasteiger partial charge on any atom is -0.387 e. The van der Waals surface area contributed by atoms with Gasteiger partial charge in [-0.1, -0.05) is 252 Å². The molecule has 3 unspecified atom stereocenters. The van der Waals surface area contributed by atoms with Gasteiger partial charge in [0.2, 0.25) is 5.91 Å². The Morgan fingerprint density at radius 1 is 0.486 bits per heavy atom. The molecule has 8 nitrogen and oxygen atoms in total. The molecule has 0 aliphatic rings. The summed E-state index contributed by atoms with van der Waals surface area (Å²) in [6, 6.07) is -0.870. The van der Waals surface area contributed by atoms with Crippen LogP contribution in [0.4, 0.5) is 0 Å². The summed E-state index contributed by atoms with van der Waals surface area (Å²) in [6.07, 6.45) is 77.0. The number of aliphatic hydroxyl groups is 1. The number of nitrogens with one attached hydrogen (secondary N) is 1. The topological polar surface area (TPSA) is 105 Å². The van der Waals surface area contributed by atoms with Crippen LogP contribution < -0.4 is 5.32 Å². The van der Waals surface area contributed by atoms with Crippen molar-refractivity contribution in [1.82, 2.24) is 5.32 Å². The minimum absolute atomic E-state index is 0.0515. The third-order valence-electron chi connectivity index (χ3n) is 12.7. The molecule has 416 valence electrons. The van der Waals surface area contributed by atoms with E-state index in [-0.39, 0.29) is 19.1 Å². The number of hydrogen-bond acceptors (Lipinski definition) is 5. The van der Waals surface area contributed by atoms with Crippen LogP contribution in [-0.4, -0.2) is 73.4 Å². The predicted octanol–water partition coefficient (Wildman–Crippen LogP) is 18.2. The summed E-state index contributed by atoms with van der Waals surface area (Å²) in [7, 11) is 1.54. The third-order valence-corrected chi connectivity index (χ3v) is 13.7. The van der Waals surface area contributed by atoms with Gasteiger partial charge in [-0.3, -0.25) is 13.8 Å². The highest BCUT2D eigenvalue weighted by Gasteiger charge is 2.27. The molecule has 0 heterocycles. The Kier molecular flexibility index (Phi) is 51.3. The average Bonchev–Trinajstić information content (AvgIpc) is 3.34. The standard InChI is InChI=1S/C63H113N2O6P/c1-6-8-10-12-14-16-18-19-20-21-22-23-24-25-26-27-28-29-30-31-32-33-34-35-36-37-38-39-40-41-42-43-44-45-47-49-51-53-55-57-63(67)64-61(60-71-72(68,69)70-59-58-65(3,4)5)62(66)56-54-52-50-48-46-17-15-13-11-9-7-2/h8,10-11,13-14,16,19-20,22-23,25-26,46,48,54,56,61-62,66H,6-7,9,12,15,17-18,21,24,27-45,47,49-53,55,57-60H2,1-5H3,(H-,64,67,68,69)/p+1/b10-8-,13-11+,16-14-,20-19-,23-22-,26-25-,48-46+,56-54+. The van der Waals surface area contributed by atoms with E-state index in [0.29, 0.717) is 17.4 Å². The molecule has 0 fully saturated rings. The zero-order valence-corrected chi connectivity index (χ0v) is 48.3. The number of phosphoric acid groups is 1. The first kappa shape index (κ1) is 69.4. The van der Waals surface area contributed by atoms with Gasteiger partial charge in [-0.25, -0.2) is 4.57 Å². The second kappa shape index (κ2) is 53.3. The van der Waals surface area contributed by atoms with Crippen LogP contribution in [-0.2, 0) is 18.4 Å². The maximum atomic E-state index is 12.9. The molecule has 1 amide bonds. The Hall–Kier alpha value is -2.58. The molecule has 9 heteroatoms. The minimum atomic E-state index is -4.35. The quantitative estimate of drug-likeness (QED) is 0.0243. The third kappa shape index (κ3) is 55.2. The van der Waals surface area contributed by atoms with Crippen molar-refractivity contribution in [2.45, 2.75) is 257 Å². The highest BCUT2D eigenvalue weighted by atomic mass is 31.2. The van der Waals surface area contributed by atoms with Gasteiger partial charge in [0, 0.05) is 6.42 Å². The van der Waals surface area contributed by atoms with Crippen LogP contribution in [0.25, 0.3) is 0 Å². The van der Waals surface area contributed by atoms with Crippen molar-refractivity contribution < 1.29 is 32.9 Å². The number of carbonyl (C=O) groups excluding carboxylic acids is 1. The predicted molar refractivity (Wildman–Crippen MR) is 313 cm³/mol. The Morgan fingerprint density at radius 2 is 0.847 bits per heavy atom. The van der Waals surface area contributed by atoms with Crippen molar-refractivity contribution in [2.24, 2.45) is 0 Å². The molecule has 72 heavy (non-hydrogen) atoms. The Bertz CT molecular complexity index is 1490. The van der Waals surface area contributed by atoms with Crippen molar-refractivity contribution in [3.8, 4) is 0 Å². The summed E-state index contributed by atoms with van der Waals surface area (Å²) in [5.74, 6) is -0.192. The van der Waals surface area contributed by atoms with E-state index in [1.54, 1.807) is 6.08 Å². The molecule has 0 aliphatic heterocycles. The molecule has 0 aromatic carbocycles. The van der Waals surface area contributed by atoms with Crippen LogP contribution in [0.3, 0.4) is 0 Å². The van der Waals surface area contributed by atoms with Crippen molar-refractivity contribution in [3.05, 3.63) is 97.2 Å². The van der Waals surface area contributed by atoms with E-state index in [0.717, 1.165) is 83.5 Å². The van der Waals surface area contributed by atoms with Crippen molar-refractivity contribution >= 4 is 13.7 Å². The van der Waals surface area contributed by atoms with E-state index in [1.807, 2.05) is 27.2 Å². The SMILES string of the molecule is CC/C=C\C/C=C\C/C=C\C/C=C\C/C=C\CCCCCCCCCCCCCCCCCCCCCCCCCC(=O)NC(COP(=O)(O)OCC[N+](C)(C)C)C(O)/C=C/CC/C=C/CC/C=C/CCC. The molecule has 0 bridgehead atoms. The summed E-state index contributed by atoms with van der Waals surface area (Å²) >= 11 is 0. The van der Waals surface area contributed by atoms with Crippen LogP contribution in [0, 0.1) is 0 Å². The van der Waals surface area contributed by atoms with Gasteiger partial charge < -0.3 is 19.8 Å². The highest BCUT2D eigenvalue weighted by Crippen LogP contribution is 2.43. The van der Waals surface area contributed by atoms with E-state index in [9.17, 15) is 19.4 Å². The fourth-order valence-corrected chi connectivity index (χ4v) is 8.90. The van der Waals surface area contributed by atoms with Gasteiger partial charge in [0.1, 0.15) is 13.2 Å². The van der Waals surface area contributed by atoms with Gasteiger partial charge in [0.25, 0.3) is 0 Å². The summed E-state index contributed by atoms with van der Waals surface area (Å²) in [6.45, 7) is 4.59. The summed E-state index contributed by atoms with van der Waals surface area (Å²) < 4.78 is 23.6. The Morgan fingerprint density at radius 3 is 1.26 bits per heavy atom. The molecule has 0 aliphatic carbocycles. The lowest BCUT2D eigenvalue weighted by Gasteiger charge is -2.25. The molecule has 3 N–H and O–H groups in total. The smallest absolute Gasteiger partial charge is 0.387 e. The average molecular weight is 1030 g/mol. The van der Waals surface area contributed by atoms with Crippen molar-refractivity contribution in [2.75, 3.05) is 40.9 Å². The summed E-state index contributed by atoms with van der Waals surface area (Å²) in [4.78, 5) is 23.2. The second-order valence-corrected chi connectivity index (χ2v) is 22.4. The van der Waals surface area contributed by atoms with Gasteiger partial charge in [0.05, 0.1) is 39.9 Å². The first-order valence-electron chi connectivity index (χ1n) is 29.6. The van der Waals surface area contributed by atoms with Crippen LogP contribution >= 0.6 is 7.82 Å².